The van der Waals surface area contributed by atoms with E-state index in [0.29, 0.717) is 24.0 Å². The number of hydrogen-bond acceptors (Lipinski definition) is 2. The molecule has 0 heterocycles. The van der Waals surface area contributed by atoms with Crippen LogP contribution < -0.4 is 0 Å². The molecule has 0 amide bonds. The van der Waals surface area contributed by atoms with Crippen LogP contribution in [0.1, 0.15) is 91.9 Å². The SMILES string of the molecule is C=C1/C(=C\C=C2/CCC[C@]3(C)C([C@H](C)CCC(F)(F)C(O)(CC)CC)=CC[C@@H]23)C[C@@H](O)C[C@@H]1C(F)F. The molecule has 0 aromatic heterocycles. The summed E-state index contributed by atoms with van der Waals surface area (Å²) in [4.78, 5) is 0. The van der Waals surface area contributed by atoms with Crippen LogP contribution >= 0.6 is 0 Å². The lowest BCUT2D eigenvalue weighted by molar-refractivity contribution is -0.189. The Kier molecular flexibility index (Phi) is 9.03. The van der Waals surface area contributed by atoms with Crippen molar-refractivity contribution in [3.8, 4) is 0 Å². The van der Waals surface area contributed by atoms with Gasteiger partial charge >= 0.3 is 0 Å². The van der Waals surface area contributed by atoms with Crippen LogP contribution in [0, 0.1) is 23.2 Å². The van der Waals surface area contributed by atoms with Gasteiger partial charge in [0, 0.05) is 12.3 Å². The highest BCUT2D eigenvalue weighted by Crippen LogP contribution is 2.57. The fourth-order valence-electron chi connectivity index (χ4n) is 6.95. The van der Waals surface area contributed by atoms with E-state index in [1.54, 1.807) is 13.8 Å². The number of rotatable bonds is 9. The zero-order valence-electron chi connectivity index (χ0n) is 22.3. The topological polar surface area (TPSA) is 40.5 Å². The Labute approximate surface area is 214 Å². The fraction of sp³-hybridized carbons (Fsp3) is 0.733. The van der Waals surface area contributed by atoms with E-state index >= 15 is 0 Å². The van der Waals surface area contributed by atoms with Gasteiger partial charge in [-0.2, -0.15) is 0 Å². The molecule has 0 spiro atoms. The minimum atomic E-state index is -3.13. The second kappa shape index (κ2) is 11.1. The van der Waals surface area contributed by atoms with Gasteiger partial charge in [-0.15, -0.1) is 0 Å². The first-order valence-electron chi connectivity index (χ1n) is 13.6. The molecule has 0 unspecified atom stereocenters. The van der Waals surface area contributed by atoms with Crippen molar-refractivity contribution in [2.24, 2.45) is 23.2 Å². The summed E-state index contributed by atoms with van der Waals surface area (Å²) in [7, 11) is 0. The molecule has 5 atom stereocenters. The predicted molar refractivity (Wildman–Crippen MR) is 137 cm³/mol. The Morgan fingerprint density at radius 2 is 1.89 bits per heavy atom. The minimum absolute atomic E-state index is 0.0124. The molecule has 0 bridgehead atoms. The lowest BCUT2D eigenvalue weighted by Gasteiger charge is -2.43. The summed E-state index contributed by atoms with van der Waals surface area (Å²) < 4.78 is 56.6. The number of fused-ring (bicyclic) bond motifs is 1. The molecule has 2 nitrogen and oxygen atoms in total. The van der Waals surface area contributed by atoms with Gasteiger partial charge in [0.1, 0.15) is 5.60 Å². The minimum Gasteiger partial charge on any atom is -0.393 e. The van der Waals surface area contributed by atoms with Crippen molar-refractivity contribution in [3.63, 3.8) is 0 Å². The average molecular weight is 513 g/mol. The lowest BCUT2D eigenvalue weighted by Crippen LogP contribution is -2.47. The highest BCUT2D eigenvalue weighted by molar-refractivity contribution is 5.40. The normalized spacial score (nSPS) is 32.8. The molecule has 2 fully saturated rings. The summed E-state index contributed by atoms with van der Waals surface area (Å²) in [5.74, 6) is -3.89. The van der Waals surface area contributed by atoms with Crippen LogP contribution in [0.25, 0.3) is 0 Å². The lowest BCUT2D eigenvalue weighted by atomic mass is 9.62. The Bertz CT molecular complexity index is 899. The molecule has 2 N–H and O–H groups in total. The number of alkyl halides is 4. The third-order valence-electron chi connectivity index (χ3n) is 9.53. The summed E-state index contributed by atoms with van der Waals surface area (Å²) in [6.45, 7) is 11.4. The number of allylic oxidation sites excluding steroid dienone is 6. The molecular formula is C30H44F4O2. The molecule has 0 aromatic carbocycles. The van der Waals surface area contributed by atoms with E-state index in [9.17, 15) is 27.8 Å². The zero-order chi connectivity index (χ0) is 26.9. The predicted octanol–water partition coefficient (Wildman–Crippen LogP) is 8.17. The molecule has 0 radical (unpaired) electrons. The maximum atomic E-state index is 14.9. The molecule has 3 rings (SSSR count). The van der Waals surface area contributed by atoms with Crippen LogP contribution in [0.3, 0.4) is 0 Å². The van der Waals surface area contributed by atoms with E-state index in [1.807, 2.05) is 19.1 Å². The molecule has 3 aliphatic carbocycles. The van der Waals surface area contributed by atoms with Crippen molar-refractivity contribution in [2.45, 2.75) is 116 Å². The molecule has 0 saturated heterocycles. The first-order valence-corrected chi connectivity index (χ1v) is 13.6. The van der Waals surface area contributed by atoms with E-state index in [-0.39, 0.29) is 42.9 Å². The van der Waals surface area contributed by atoms with Crippen molar-refractivity contribution in [1.82, 2.24) is 0 Å². The molecule has 204 valence electrons. The summed E-state index contributed by atoms with van der Waals surface area (Å²) in [6.07, 6.45) is 6.97. The third-order valence-corrected chi connectivity index (χ3v) is 9.53. The number of aliphatic hydroxyl groups excluding tert-OH is 1. The molecule has 36 heavy (non-hydrogen) atoms. The third kappa shape index (κ3) is 5.55. The van der Waals surface area contributed by atoms with Gasteiger partial charge in [-0.25, -0.2) is 17.6 Å². The molecule has 2 saturated carbocycles. The molecule has 6 heteroatoms. The fourth-order valence-corrected chi connectivity index (χ4v) is 6.95. The Morgan fingerprint density at radius 3 is 2.50 bits per heavy atom. The summed E-state index contributed by atoms with van der Waals surface area (Å²) in [5, 5.41) is 20.5. The van der Waals surface area contributed by atoms with Crippen molar-refractivity contribution in [3.05, 3.63) is 47.1 Å². The second-order valence-electron chi connectivity index (χ2n) is 11.6. The number of hydrogen-bond donors (Lipinski definition) is 2. The Hall–Kier alpha value is -1.40. The summed E-state index contributed by atoms with van der Waals surface area (Å²) in [6, 6.07) is 0. The largest absolute Gasteiger partial charge is 0.393 e. The Morgan fingerprint density at radius 1 is 1.22 bits per heavy atom. The molecule has 0 aliphatic heterocycles. The Balaban J connectivity index is 1.74. The molecular weight excluding hydrogens is 468 g/mol. The standard InChI is InChI=1S/C30H44F4O2/c1-6-29(36,7-2)30(33,34)16-14-19(3)25-12-13-26-21(9-8-15-28(25,26)5)10-11-22-17-23(35)18-24(20(22)4)27(31)32/h10-12,19,23-24,26-27,35-36H,4,6-9,13-18H2,1-3,5H3/b21-10+,22-11-/t19-,23-,24+,26+,28-/m1/s1. The van der Waals surface area contributed by atoms with Gasteiger partial charge in [-0.1, -0.05) is 63.6 Å². The van der Waals surface area contributed by atoms with Gasteiger partial charge in [0.25, 0.3) is 5.92 Å². The van der Waals surface area contributed by atoms with Gasteiger partial charge < -0.3 is 10.2 Å². The van der Waals surface area contributed by atoms with Gasteiger partial charge in [-0.05, 0) is 86.2 Å². The second-order valence-corrected chi connectivity index (χ2v) is 11.6. The first kappa shape index (κ1) is 29.2. The highest BCUT2D eigenvalue weighted by Gasteiger charge is 2.51. The van der Waals surface area contributed by atoms with E-state index in [4.69, 9.17) is 0 Å². The van der Waals surface area contributed by atoms with Crippen molar-refractivity contribution in [2.75, 3.05) is 0 Å². The summed E-state index contributed by atoms with van der Waals surface area (Å²) >= 11 is 0. The van der Waals surface area contributed by atoms with Crippen LogP contribution in [0.4, 0.5) is 17.6 Å². The van der Waals surface area contributed by atoms with E-state index in [2.05, 4.69) is 19.6 Å². The quantitative estimate of drug-likeness (QED) is 0.242. The van der Waals surface area contributed by atoms with Crippen molar-refractivity contribution in [1.29, 1.82) is 0 Å². The number of aliphatic hydroxyl groups is 2. The van der Waals surface area contributed by atoms with E-state index < -0.39 is 30.0 Å². The monoisotopic (exact) mass is 512 g/mol. The first-order chi connectivity index (χ1) is 16.8. The van der Waals surface area contributed by atoms with Crippen molar-refractivity contribution >= 4 is 0 Å². The van der Waals surface area contributed by atoms with Crippen LogP contribution in [-0.2, 0) is 0 Å². The average Bonchev–Trinajstić information content (AvgIpc) is 3.19. The van der Waals surface area contributed by atoms with Gasteiger partial charge in [0.15, 0.2) is 0 Å². The highest BCUT2D eigenvalue weighted by atomic mass is 19.3. The zero-order valence-corrected chi connectivity index (χ0v) is 22.3. The van der Waals surface area contributed by atoms with Crippen LogP contribution in [0.5, 0.6) is 0 Å². The van der Waals surface area contributed by atoms with E-state index in [0.717, 1.165) is 25.7 Å². The number of halogens is 4. The van der Waals surface area contributed by atoms with Gasteiger partial charge in [0.2, 0.25) is 6.43 Å². The van der Waals surface area contributed by atoms with E-state index in [1.165, 1.54) is 11.1 Å². The maximum Gasteiger partial charge on any atom is 0.276 e. The molecule has 0 aromatic rings. The summed E-state index contributed by atoms with van der Waals surface area (Å²) in [5.41, 5.74) is 1.53. The van der Waals surface area contributed by atoms with Gasteiger partial charge in [0.05, 0.1) is 6.10 Å². The van der Waals surface area contributed by atoms with Crippen molar-refractivity contribution < 1.29 is 27.8 Å². The maximum absolute atomic E-state index is 14.9. The van der Waals surface area contributed by atoms with Crippen LogP contribution in [0.2, 0.25) is 0 Å². The molecule has 3 aliphatic rings. The van der Waals surface area contributed by atoms with Crippen LogP contribution in [0.15, 0.2) is 47.1 Å². The smallest absolute Gasteiger partial charge is 0.276 e. The van der Waals surface area contributed by atoms with Crippen LogP contribution in [-0.4, -0.2) is 34.3 Å². The van der Waals surface area contributed by atoms with Gasteiger partial charge in [-0.3, -0.25) is 0 Å².